The molecule has 0 aliphatic carbocycles. The van der Waals surface area contributed by atoms with Crippen molar-refractivity contribution in [2.24, 2.45) is 0 Å². The Kier molecular flexibility index (Phi) is 7.82. The molecule has 2 heterocycles. The van der Waals surface area contributed by atoms with Crippen LogP contribution in [0.5, 0.6) is 0 Å². The summed E-state index contributed by atoms with van der Waals surface area (Å²) in [5.41, 5.74) is 15.3. The van der Waals surface area contributed by atoms with Crippen LogP contribution in [0.25, 0.3) is 82.8 Å². The number of anilines is 3. The van der Waals surface area contributed by atoms with Crippen LogP contribution in [-0.4, -0.2) is 4.57 Å². The van der Waals surface area contributed by atoms with Crippen molar-refractivity contribution in [3.8, 4) is 39.1 Å². The topological polar surface area (TPSA) is 21.3 Å². The Bertz CT molecular complexity index is 3200. The highest BCUT2D eigenvalue weighted by Gasteiger charge is 2.21. The SMILES string of the molecule is c1ccc(-c2ccc(N(c3ccc(-c4ccc5c(c4)c4ccccc4n5-c4ccccc4)cc3)c3cccc4c3oc3c(-c5ccccc5)cccc34)cc2)cc1. The van der Waals surface area contributed by atoms with E-state index in [4.69, 9.17) is 4.42 Å². The standard InChI is InChI=1S/C54H36N2O/c1-4-14-37(15-5-1)38-26-31-43(32-27-38)55(52-25-13-23-48-47-22-12-21-45(53(47)57-54(48)52)40-16-6-2-7-17-40)44-33-28-39(29-34-44)41-30-35-51-49(36-41)46-20-10-11-24-50(46)56(51)42-18-8-3-9-19-42/h1-36H. The summed E-state index contributed by atoms with van der Waals surface area (Å²) in [6, 6.07) is 77.9. The van der Waals surface area contributed by atoms with Crippen molar-refractivity contribution < 1.29 is 4.42 Å². The van der Waals surface area contributed by atoms with Crippen molar-refractivity contribution in [3.05, 3.63) is 218 Å². The third-order valence-corrected chi connectivity index (χ3v) is 11.2. The van der Waals surface area contributed by atoms with Gasteiger partial charge in [-0.05, 0) is 88.5 Å². The molecular formula is C54H36N2O. The molecule has 3 nitrogen and oxygen atoms in total. The predicted molar refractivity (Wildman–Crippen MR) is 239 cm³/mol. The first-order valence-electron chi connectivity index (χ1n) is 19.4. The molecule has 11 aromatic rings. The highest BCUT2D eigenvalue weighted by molar-refractivity contribution is 6.14. The summed E-state index contributed by atoms with van der Waals surface area (Å²) in [6.45, 7) is 0. The van der Waals surface area contributed by atoms with E-state index in [2.05, 4.69) is 228 Å². The fraction of sp³-hybridized carbons (Fsp3) is 0. The van der Waals surface area contributed by atoms with Crippen LogP contribution < -0.4 is 4.90 Å². The molecule has 0 fully saturated rings. The molecule has 0 saturated carbocycles. The lowest BCUT2D eigenvalue weighted by atomic mass is 10.0. The minimum Gasteiger partial charge on any atom is -0.453 e. The van der Waals surface area contributed by atoms with Crippen LogP contribution in [0.1, 0.15) is 0 Å². The minimum atomic E-state index is 0.854. The maximum Gasteiger partial charge on any atom is 0.159 e. The zero-order chi connectivity index (χ0) is 37.7. The minimum absolute atomic E-state index is 0.854. The van der Waals surface area contributed by atoms with E-state index in [1.165, 1.54) is 38.5 Å². The van der Waals surface area contributed by atoms with Crippen LogP contribution in [0.15, 0.2) is 223 Å². The molecule has 0 saturated heterocycles. The monoisotopic (exact) mass is 728 g/mol. The van der Waals surface area contributed by atoms with Gasteiger partial charge in [0.2, 0.25) is 0 Å². The van der Waals surface area contributed by atoms with Gasteiger partial charge in [-0.25, -0.2) is 0 Å². The summed E-state index contributed by atoms with van der Waals surface area (Å²) in [5.74, 6) is 0. The van der Waals surface area contributed by atoms with E-state index in [1.54, 1.807) is 0 Å². The number of hydrogen-bond donors (Lipinski definition) is 0. The lowest BCUT2D eigenvalue weighted by Crippen LogP contribution is -2.10. The smallest absolute Gasteiger partial charge is 0.159 e. The van der Waals surface area contributed by atoms with Crippen molar-refractivity contribution in [1.29, 1.82) is 0 Å². The zero-order valence-corrected chi connectivity index (χ0v) is 31.1. The van der Waals surface area contributed by atoms with E-state index in [1.807, 2.05) is 0 Å². The molecule has 3 heteroatoms. The average molecular weight is 729 g/mol. The van der Waals surface area contributed by atoms with Crippen LogP contribution in [0.2, 0.25) is 0 Å². The molecule has 0 atom stereocenters. The number of fused-ring (bicyclic) bond motifs is 6. The molecule has 268 valence electrons. The van der Waals surface area contributed by atoms with Gasteiger partial charge in [-0.2, -0.15) is 0 Å². The van der Waals surface area contributed by atoms with E-state index in [0.717, 1.165) is 61.4 Å². The molecule has 57 heavy (non-hydrogen) atoms. The van der Waals surface area contributed by atoms with Crippen molar-refractivity contribution in [1.82, 2.24) is 4.57 Å². The van der Waals surface area contributed by atoms with Crippen LogP contribution in [0.4, 0.5) is 17.1 Å². The second kappa shape index (κ2) is 13.6. The molecule has 0 spiro atoms. The number of furan rings is 1. The molecule has 0 radical (unpaired) electrons. The lowest BCUT2D eigenvalue weighted by Gasteiger charge is -2.26. The fourth-order valence-corrected chi connectivity index (χ4v) is 8.50. The summed E-state index contributed by atoms with van der Waals surface area (Å²) in [6.07, 6.45) is 0. The molecule has 0 unspecified atom stereocenters. The molecule has 0 aliphatic rings. The maximum atomic E-state index is 6.95. The van der Waals surface area contributed by atoms with Crippen LogP contribution in [0, 0.1) is 0 Å². The first kappa shape index (κ1) is 32.8. The van der Waals surface area contributed by atoms with Gasteiger partial charge in [-0.1, -0.05) is 158 Å². The van der Waals surface area contributed by atoms with E-state index < -0.39 is 0 Å². The van der Waals surface area contributed by atoms with Gasteiger partial charge >= 0.3 is 0 Å². The third kappa shape index (κ3) is 5.60. The van der Waals surface area contributed by atoms with Crippen LogP contribution >= 0.6 is 0 Å². The fourth-order valence-electron chi connectivity index (χ4n) is 8.50. The van der Waals surface area contributed by atoms with Gasteiger partial charge < -0.3 is 13.9 Å². The lowest BCUT2D eigenvalue weighted by molar-refractivity contribution is 0.670. The molecular weight excluding hydrogens is 693 g/mol. The van der Waals surface area contributed by atoms with Crippen molar-refractivity contribution in [2.45, 2.75) is 0 Å². The zero-order valence-electron chi connectivity index (χ0n) is 31.1. The van der Waals surface area contributed by atoms with Crippen LogP contribution in [0.3, 0.4) is 0 Å². The summed E-state index contributed by atoms with van der Waals surface area (Å²) in [5, 5.41) is 4.68. The maximum absolute atomic E-state index is 6.95. The van der Waals surface area contributed by atoms with Crippen molar-refractivity contribution in [3.63, 3.8) is 0 Å². The summed E-state index contributed by atoms with van der Waals surface area (Å²) in [4.78, 5) is 2.32. The molecule has 0 bridgehead atoms. The van der Waals surface area contributed by atoms with Crippen molar-refractivity contribution >= 4 is 60.8 Å². The van der Waals surface area contributed by atoms with Gasteiger partial charge in [0.05, 0.1) is 16.7 Å². The number of para-hydroxylation sites is 4. The van der Waals surface area contributed by atoms with Gasteiger partial charge in [0.1, 0.15) is 5.58 Å². The summed E-state index contributed by atoms with van der Waals surface area (Å²) in [7, 11) is 0. The number of nitrogens with zero attached hydrogens (tertiary/aromatic N) is 2. The Morgan fingerprint density at radius 1 is 0.333 bits per heavy atom. The van der Waals surface area contributed by atoms with Gasteiger partial charge in [-0.15, -0.1) is 0 Å². The second-order valence-electron chi connectivity index (χ2n) is 14.5. The summed E-state index contributed by atoms with van der Waals surface area (Å²) < 4.78 is 9.31. The van der Waals surface area contributed by atoms with Gasteiger partial charge in [0.25, 0.3) is 0 Å². The summed E-state index contributed by atoms with van der Waals surface area (Å²) >= 11 is 0. The van der Waals surface area contributed by atoms with Gasteiger partial charge in [-0.3, -0.25) is 0 Å². The Morgan fingerprint density at radius 3 is 1.54 bits per heavy atom. The van der Waals surface area contributed by atoms with Crippen molar-refractivity contribution in [2.75, 3.05) is 4.90 Å². The molecule has 0 N–H and O–H groups in total. The average Bonchev–Trinajstić information content (AvgIpc) is 3.84. The van der Waals surface area contributed by atoms with E-state index in [-0.39, 0.29) is 0 Å². The number of benzene rings is 9. The molecule has 11 rings (SSSR count). The Balaban J connectivity index is 1.05. The molecule has 9 aromatic carbocycles. The highest BCUT2D eigenvalue weighted by atomic mass is 16.3. The Morgan fingerprint density at radius 2 is 0.842 bits per heavy atom. The van der Waals surface area contributed by atoms with Gasteiger partial charge in [0.15, 0.2) is 5.58 Å². The number of aromatic nitrogens is 1. The van der Waals surface area contributed by atoms with E-state index in [9.17, 15) is 0 Å². The molecule has 0 amide bonds. The third-order valence-electron chi connectivity index (χ3n) is 11.2. The number of rotatable bonds is 7. The van der Waals surface area contributed by atoms with Crippen LogP contribution in [-0.2, 0) is 0 Å². The Labute approximate surface area is 330 Å². The molecule has 2 aromatic heterocycles. The largest absolute Gasteiger partial charge is 0.453 e. The Hall–Kier alpha value is -7.62. The first-order valence-corrected chi connectivity index (χ1v) is 19.4. The van der Waals surface area contributed by atoms with Gasteiger partial charge in [0, 0.05) is 44.2 Å². The number of hydrogen-bond acceptors (Lipinski definition) is 2. The van der Waals surface area contributed by atoms with E-state index in [0.29, 0.717) is 0 Å². The predicted octanol–water partition coefficient (Wildman–Crippen LogP) is 15.2. The van der Waals surface area contributed by atoms with E-state index >= 15 is 0 Å². The molecule has 0 aliphatic heterocycles. The normalized spacial score (nSPS) is 11.5. The second-order valence-corrected chi connectivity index (χ2v) is 14.5. The highest BCUT2D eigenvalue weighted by Crippen LogP contribution is 2.45. The quantitative estimate of drug-likeness (QED) is 0.163. The first-order chi connectivity index (χ1) is 28.3.